The van der Waals surface area contributed by atoms with Gasteiger partial charge in [0, 0.05) is 13.1 Å². The van der Waals surface area contributed by atoms with Crippen molar-refractivity contribution in [3.05, 3.63) is 71.6 Å². The van der Waals surface area contributed by atoms with Crippen LogP contribution in [0.2, 0.25) is 0 Å². The standard InChI is InChI=1S/C22H24N2O3/c1-4-24(15-17-10-6-5-7-11-17)21(25)14-19-16(2)27-22(23-19)18-12-8-9-13-20(18)26-3/h5-13H,4,14-15H2,1-3H3. The molecule has 1 heterocycles. The number of para-hydroxylation sites is 1. The summed E-state index contributed by atoms with van der Waals surface area (Å²) >= 11 is 0. The second kappa shape index (κ2) is 8.54. The summed E-state index contributed by atoms with van der Waals surface area (Å²) in [6.45, 7) is 5.05. The highest BCUT2D eigenvalue weighted by Crippen LogP contribution is 2.30. The van der Waals surface area contributed by atoms with E-state index in [0.717, 1.165) is 11.1 Å². The largest absolute Gasteiger partial charge is 0.496 e. The van der Waals surface area contributed by atoms with Gasteiger partial charge in [0.25, 0.3) is 0 Å². The quantitative estimate of drug-likeness (QED) is 0.629. The summed E-state index contributed by atoms with van der Waals surface area (Å²) in [6, 6.07) is 17.5. The first-order valence-electron chi connectivity index (χ1n) is 9.03. The molecule has 0 spiro atoms. The summed E-state index contributed by atoms with van der Waals surface area (Å²) in [5.41, 5.74) is 2.55. The third kappa shape index (κ3) is 4.37. The summed E-state index contributed by atoms with van der Waals surface area (Å²) in [5, 5.41) is 0. The van der Waals surface area contributed by atoms with Gasteiger partial charge in [-0.2, -0.15) is 0 Å². The molecule has 5 heteroatoms. The number of methoxy groups -OCH3 is 1. The van der Waals surface area contributed by atoms with Crippen LogP contribution in [-0.2, 0) is 17.8 Å². The highest BCUT2D eigenvalue weighted by atomic mass is 16.5. The molecule has 0 atom stereocenters. The molecule has 0 N–H and O–H groups in total. The zero-order valence-corrected chi connectivity index (χ0v) is 15.9. The number of aryl methyl sites for hydroxylation is 1. The van der Waals surface area contributed by atoms with Crippen LogP contribution in [0.3, 0.4) is 0 Å². The van der Waals surface area contributed by atoms with Crippen LogP contribution < -0.4 is 4.74 Å². The fourth-order valence-corrected chi connectivity index (χ4v) is 2.96. The first kappa shape index (κ1) is 18.7. The van der Waals surface area contributed by atoms with Crippen molar-refractivity contribution < 1.29 is 13.9 Å². The maximum atomic E-state index is 12.8. The third-order valence-corrected chi connectivity index (χ3v) is 4.50. The maximum absolute atomic E-state index is 12.8. The Hall–Kier alpha value is -3.08. The molecule has 27 heavy (non-hydrogen) atoms. The van der Waals surface area contributed by atoms with E-state index in [-0.39, 0.29) is 12.3 Å². The van der Waals surface area contributed by atoms with E-state index in [1.54, 1.807) is 7.11 Å². The Morgan fingerprint density at radius 3 is 2.52 bits per heavy atom. The number of oxazole rings is 1. The molecule has 140 valence electrons. The number of carbonyl (C=O) groups excluding carboxylic acids is 1. The van der Waals surface area contributed by atoms with Crippen molar-refractivity contribution >= 4 is 5.91 Å². The second-order valence-corrected chi connectivity index (χ2v) is 6.29. The molecule has 0 fully saturated rings. The number of carbonyl (C=O) groups is 1. The number of rotatable bonds is 7. The Kier molecular flexibility index (Phi) is 5.91. The van der Waals surface area contributed by atoms with Crippen molar-refractivity contribution in [2.24, 2.45) is 0 Å². The van der Waals surface area contributed by atoms with E-state index in [2.05, 4.69) is 4.98 Å². The average Bonchev–Trinajstić information content (AvgIpc) is 3.06. The van der Waals surface area contributed by atoms with Crippen LogP contribution in [0.5, 0.6) is 5.75 Å². The van der Waals surface area contributed by atoms with Crippen molar-refractivity contribution in [2.45, 2.75) is 26.8 Å². The Balaban J connectivity index is 1.77. The number of aromatic nitrogens is 1. The smallest absolute Gasteiger partial charge is 0.230 e. The van der Waals surface area contributed by atoms with Crippen LogP contribution >= 0.6 is 0 Å². The molecular formula is C22H24N2O3. The number of amides is 1. The molecule has 0 saturated carbocycles. The molecule has 0 saturated heterocycles. The normalized spacial score (nSPS) is 10.6. The van der Waals surface area contributed by atoms with Crippen molar-refractivity contribution in [3.63, 3.8) is 0 Å². The van der Waals surface area contributed by atoms with Crippen LogP contribution in [0, 0.1) is 6.92 Å². The molecule has 0 aliphatic rings. The van der Waals surface area contributed by atoms with Gasteiger partial charge in [-0.3, -0.25) is 4.79 Å². The lowest BCUT2D eigenvalue weighted by atomic mass is 10.2. The molecular weight excluding hydrogens is 340 g/mol. The molecule has 5 nitrogen and oxygen atoms in total. The van der Waals surface area contributed by atoms with Gasteiger partial charge in [-0.25, -0.2) is 4.98 Å². The number of likely N-dealkylation sites (N-methyl/N-ethyl adjacent to an activating group) is 1. The van der Waals surface area contributed by atoms with Gasteiger partial charge in [-0.05, 0) is 31.5 Å². The topological polar surface area (TPSA) is 55.6 Å². The predicted octanol–water partition coefficient (Wildman–Crippen LogP) is 4.25. The lowest BCUT2D eigenvalue weighted by molar-refractivity contribution is -0.130. The SMILES string of the molecule is CCN(Cc1ccccc1)C(=O)Cc1nc(-c2ccccc2OC)oc1C. The van der Waals surface area contributed by atoms with Crippen molar-refractivity contribution in [3.8, 4) is 17.2 Å². The first-order chi connectivity index (χ1) is 13.1. The molecule has 0 unspecified atom stereocenters. The third-order valence-electron chi connectivity index (χ3n) is 4.50. The zero-order valence-electron chi connectivity index (χ0n) is 15.9. The summed E-state index contributed by atoms with van der Waals surface area (Å²) < 4.78 is 11.2. The molecule has 1 amide bonds. The number of nitrogens with zero attached hydrogens (tertiary/aromatic N) is 2. The van der Waals surface area contributed by atoms with Gasteiger partial charge < -0.3 is 14.1 Å². The average molecular weight is 364 g/mol. The predicted molar refractivity (Wildman–Crippen MR) is 104 cm³/mol. The van der Waals surface area contributed by atoms with Crippen LogP contribution in [0.25, 0.3) is 11.5 Å². The Morgan fingerprint density at radius 2 is 1.81 bits per heavy atom. The molecule has 0 aliphatic heterocycles. The number of benzene rings is 2. The van der Waals surface area contributed by atoms with E-state index < -0.39 is 0 Å². The summed E-state index contributed by atoms with van der Waals surface area (Å²) in [7, 11) is 1.61. The lowest BCUT2D eigenvalue weighted by Gasteiger charge is -2.20. The van der Waals surface area contributed by atoms with Crippen molar-refractivity contribution in [2.75, 3.05) is 13.7 Å². The minimum atomic E-state index is 0.0318. The molecule has 0 bridgehead atoms. The van der Waals surface area contributed by atoms with Gasteiger partial charge in [0.1, 0.15) is 11.5 Å². The molecule has 0 aliphatic carbocycles. The number of hydrogen-bond donors (Lipinski definition) is 0. The van der Waals surface area contributed by atoms with Gasteiger partial charge in [0.15, 0.2) is 0 Å². The van der Waals surface area contributed by atoms with Gasteiger partial charge >= 0.3 is 0 Å². The molecule has 1 aromatic heterocycles. The molecule has 2 aromatic carbocycles. The van der Waals surface area contributed by atoms with Crippen LogP contribution in [0.4, 0.5) is 0 Å². The molecule has 3 aromatic rings. The van der Waals surface area contributed by atoms with E-state index >= 15 is 0 Å². The van der Waals surface area contributed by atoms with Crippen LogP contribution in [-0.4, -0.2) is 29.4 Å². The Morgan fingerprint density at radius 1 is 1.11 bits per heavy atom. The number of ether oxygens (including phenoxy) is 1. The Labute approximate surface area is 159 Å². The van der Waals surface area contributed by atoms with Crippen LogP contribution in [0.15, 0.2) is 59.0 Å². The van der Waals surface area contributed by atoms with Crippen LogP contribution in [0.1, 0.15) is 23.9 Å². The van der Waals surface area contributed by atoms with E-state index in [0.29, 0.717) is 36.2 Å². The molecule has 3 rings (SSSR count). The van der Waals surface area contributed by atoms with Gasteiger partial charge in [-0.15, -0.1) is 0 Å². The van der Waals surface area contributed by atoms with E-state index in [1.165, 1.54) is 0 Å². The first-order valence-corrected chi connectivity index (χ1v) is 9.03. The monoisotopic (exact) mass is 364 g/mol. The van der Waals surface area contributed by atoms with E-state index in [9.17, 15) is 4.79 Å². The highest BCUT2D eigenvalue weighted by Gasteiger charge is 2.20. The summed E-state index contributed by atoms with van der Waals surface area (Å²) in [6.07, 6.45) is 0.213. The fraction of sp³-hybridized carbons (Fsp3) is 0.273. The summed E-state index contributed by atoms with van der Waals surface area (Å²) in [4.78, 5) is 19.2. The molecule has 0 radical (unpaired) electrons. The maximum Gasteiger partial charge on any atom is 0.230 e. The van der Waals surface area contributed by atoms with Gasteiger partial charge in [0.05, 0.1) is 24.8 Å². The van der Waals surface area contributed by atoms with Gasteiger partial charge in [-0.1, -0.05) is 42.5 Å². The summed E-state index contributed by atoms with van der Waals surface area (Å²) in [5.74, 6) is 1.85. The van der Waals surface area contributed by atoms with Crippen molar-refractivity contribution in [1.82, 2.24) is 9.88 Å². The minimum Gasteiger partial charge on any atom is -0.496 e. The number of hydrogen-bond acceptors (Lipinski definition) is 4. The van der Waals surface area contributed by atoms with Gasteiger partial charge in [0.2, 0.25) is 11.8 Å². The Bertz CT molecular complexity index is 903. The van der Waals surface area contributed by atoms with Crippen molar-refractivity contribution in [1.29, 1.82) is 0 Å². The fourth-order valence-electron chi connectivity index (χ4n) is 2.96. The minimum absolute atomic E-state index is 0.0318. The lowest BCUT2D eigenvalue weighted by Crippen LogP contribution is -2.31. The van der Waals surface area contributed by atoms with E-state index in [1.807, 2.05) is 73.3 Å². The van der Waals surface area contributed by atoms with E-state index in [4.69, 9.17) is 9.15 Å². The highest BCUT2D eigenvalue weighted by molar-refractivity contribution is 5.78. The zero-order chi connectivity index (χ0) is 19.2. The second-order valence-electron chi connectivity index (χ2n) is 6.29.